The summed E-state index contributed by atoms with van der Waals surface area (Å²) < 4.78 is 9.61. The van der Waals surface area contributed by atoms with E-state index in [0.29, 0.717) is 19.5 Å². The molecule has 9 nitrogen and oxygen atoms in total. The highest BCUT2D eigenvalue weighted by atomic mass is 16.6. The van der Waals surface area contributed by atoms with Crippen molar-refractivity contribution >= 4 is 11.8 Å². The minimum Gasteiger partial charge on any atom is -0.497 e. The topological polar surface area (TPSA) is 101 Å². The van der Waals surface area contributed by atoms with Crippen LogP contribution in [0.5, 0.6) is 5.75 Å². The average Bonchev–Trinajstić information content (AvgIpc) is 3.38. The Balaban J connectivity index is 1.45. The molecule has 0 radical (unpaired) electrons. The van der Waals surface area contributed by atoms with Crippen molar-refractivity contribution in [3.8, 4) is 5.75 Å². The summed E-state index contributed by atoms with van der Waals surface area (Å²) in [6.45, 7) is 1.05. The third-order valence-electron chi connectivity index (χ3n) is 5.49. The average molecular weight is 401 g/mol. The van der Waals surface area contributed by atoms with Gasteiger partial charge in [0.2, 0.25) is 5.91 Å². The Kier molecular flexibility index (Phi) is 6.82. The van der Waals surface area contributed by atoms with Crippen LogP contribution in [0.15, 0.2) is 35.1 Å². The molecule has 1 aliphatic rings. The van der Waals surface area contributed by atoms with Crippen LogP contribution >= 0.6 is 0 Å². The number of likely N-dealkylation sites (N-methyl/N-ethyl adjacent to an activating group) is 1. The number of aromatic nitrogens is 2. The quantitative estimate of drug-likeness (QED) is 0.712. The van der Waals surface area contributed by atoms with E-state index in [4.69, 9.17) is 4.74 Å². The number of rotatable bonds is 8. The molecular weight excluding hydrogens is 374 g/mol. The molecule has 9 heteroatoms. The van der Waals surface area contributed by atoms with Crippen molar-refractivity contribution in [3.63, 3.8) is 0 Å². The Morgan fingerprint density at radius 3 is 2.66 bits per heavy atom. The molecule has 0 saturated carbocycles. The number of carbonyl (C=O) groups is 2. The first-order chi connectivity index (χ1) is 14.0. The van der Waals surface area contributed by atoms with E-state index in [1.54, 1.807) is 12.0 Å². The van der Waals surface area contributed by atoms with Crippen LogP contribution in [0.25, 0.3) is 0 Å². The first-order valence-electron chi connectivity index (χ1n) is 9.62. The van der Waals surface area contributed by atoms with E-state index < -0.39 is 0 Å². The fourth-order valence-corrected chi connectivity index (χ4v) is 3.60. The lowest BCUT2D eigenvalue weighted by atomic mass is 10.1. The van der Waals surface area contributed by atoms with Crippen molar-refractivity contribution in [2.75, 3.05) is 27.7 Å². The summed E-state index contributed by atoms with van der Waals surface area (Å²) in [6, 6.07) is 8.07. The predicted octanol–water partition coefficient (Wildman–Crippen LogP) is 1.32. The number of likely N-dealkylation sites (tertiary alicyclic amines) is 1. The molecule has 3 rings (SSSR count). The summed E-state index contributed by atoms with van der Waals surface area (Å²) in [5.74, 6) is 0.600. The lowest BCUT2D eigenvalue weighted by Gasteiger charge is -2.27. The molecule has 1 aromatic heterocycles. The maximum atomic E-state index is 12.7. The van der Waals surface area contributed by atoms with Gasteiger partial charge < -0.3 is 15.0 Å². The first kappa shape index (κ1) is 20.8. The van der Waals surface area contributed by atoms with Crippen LogP contribution in [0.3, 0.4) is 0 Å². The summed E-state index contributed by atoms with van der Waals surface area (Å²) in [6.07, 6.45) is 3.59. The number of hydrogen-bond acceptors (Lipinski definition) is 7. The standard InChI is InChI=1S/C20H27N5O4/c1-24(13-14-4-8-17(28-3)9-5-14)19(26)10-15-6-7-16(25(15)2)11-21-20(27)18-12-22-29-23-18/h4-5,8-9,12,15-16H,6-7,10-11,13H2,1-3H3,(H,21,27)/t15-,16+/m1/s1. The highest BCUT2D eigenvalue weighted by Crippen LogP contribution is 2.25. The number of nitrogens with one attached hydrogen (secondary N) is 1. The van der Waals surface area contributed by atoms with Crippen LogP contribution in [0, 0.1) is 0 Å². The van der Waals surface area contributed by atoms with Crippen molar-refractivity contribution in [2.24, 2.45) is 0 Å². The van der Waals surface area contributed by atoms with Crippen LogP contribution in [0.4, 0.5) is 0 Å². The van der Waals surface area contributed by atoms with Gasteiger partial charge in [-0.1, -0.05) is 17.3 Å². The minimum atomic E-state index is -0.307. The van der Waals surface area contributed by atoms with Gasteiger partial charge in [0.25, 0.3) is 5.91 Å². The molecule has 1 aromatic carbocycles. The van der Waals surface area contributed by atoms with E-state index in [-0.39, 0.29) is 29.6 Å². The fraction of sp³-hybridized carbons (Fsp3) is 0.500. The van der Waals surface area contributed by atoms with Gasteiger partial charge in [0, 0.05) is 38.6 Å². The Hall–Kier alpha value is -2.94. The molecule has 0 unspecified atom stereocenters. The van der Waals surface area contributed by atoms with Gasteiger partial charge in [-0.05, 0) is 42.7 Å². The molecule has 2 heterocycles. The van der Waals surface area contributed by atoms with Gasteiger partial charge in [0.1, 0.15) is 11.9 Å². The Morgan fingerprint density at radius 1 is 1.28 bits per heavy atom. The third kappa shape index (κ3) is 5.32. The SMILES string of the molecule is COc1ccc(CN(C)C(=O)C[C@H]2CC[C@@H](CNC(=O)c3cnon3)N2C)cc1. The monoisotopic (exact) mass is 401 g/mol. The zero-order chi connectivity index (χ0) is 20.8. The van der Waals surface area contributed by atoms with Gasteiger partial charge in [0.05, 0.1) is 7.11 Å². The Bertz CT molecular complexity index is 809. The highest BCUT2D eigenvalue weighted by molar-refractivity contribution is 5.91. The number of hydrogen-bond donors (Lipinski definition) is 1. The summed E-state index contributed by atoms with van der Waals surface area (Å²) in [5.41, 5.74) is 1.22. The minimum absolute atomic E-state index is 0.107. The number of amides is 2. The summed E-state index contributed by atoms with van der Waals surface area (Å²) in [5, 5.41) is 9.81. The van der Waals surface area contributed by atoms with Crippen molar-refractivity contribution in [2.45, 2.75) is 37.9 Å². The molecule has 1 aliphatic heterocycles. The molecule has 0 aliphatic carbocycles. The second-order valence-electron chi connectivity index (χ2n) is 7.36. The molecule has 1 fully saturated rings. The van der Waals surface area contributed by atoms with Crippen LogP contribution in [-0.4, -0.2) is 71.8 Å². The van der Waals surface area contributed by atoms with Gasteiger partial charge in [0.15, 0.2) is 5.69 Å². The van der Waals surface area contributed by atoms with E-state index in [9.17, 15) is 9.59 Å². The molecule has 2 aromatic rings. The molecule has 1 saturated heterocycles. The third-order valence-corrected chi connectivity index (χ3v) is 5.49. The van der Waals surface area contributed by atoms with E-state index in [1.165, 1.54) is 6.20 Å². The molecule has 0 spiro atoms. The highest BCUT2D eigenvalue weighted by Gasteiger charge is 2.32. The second-order valence-corrected chi connectivity index (χ2v) is 7.36. The van der Waals surface area contributed by atoms with Crippen molar-refractivity contribution in [1.82, 2.24) is 25.4 Å². The number of carbonyl (C=O) groups excluding carboxylic acids is 2. The van der Waals surface area contributed by atoms with Gasteiger partial charge in [-0.2, -0.15) is 0 Å². The van der Waals surface area contributed by atoms with Crippen LogP contribution in [0.1, 0.15) is 35.3 Å². The van der Waals surface area contributed by atoms with Crippen LogP contribution < -0.4 is 10.1 Å². The molecular formula is C20H27N5O4. The largest absolute Gasteiger partial charge is 0.497 e. The number of nitrogens with zero attached hydrogens (tertiary/aromatic N) is 4. The van der Waals surface area contributed by atoms with E-state index >= 15 is 0 Å². The number of benzene rings is 1. The zero-order valence-electron chi connectivity index (χ0n) is 17.0. The number of methoxy groups -OCH3 is 1. The first-order valence-corrected chi connectivity index (χ1v) is 9.62. The van der Waals surface area contributed by atoms with Gasteiger partial charge >= 0.3 is 0 Å². The molecule has 29 heavy (non-hydrogen) atoms. The van der Waals surface area contributed by atoms with Gasteiger partial charge in [-0.25, -0.2) is 4.63 Å². The maximum Gasteiger partial charge on any atom is 0.275 e. The van der Waals surface area contributed by atoms with Crippen LogP contribution in [-0.2, 0) is 11.3 Å². The van der Waals surface area contributed by atoms with E-state index in [2.05, 4.69) is 25.2 Å². The summed E-state index contributed by atoms with van der Waals surface area (Å²) in [4.78, 5) is 28.6. The van der Waals surface area contributed by atoms with Crippen molar-refractivity contribution < 1.29 is 19.0 Å². The Labute approximate surface area is 170 Å². The van der Waals surface area contributed by atoms with Crippen molar-refractivity contribution in [3.05, 3.63) is 41.7 Å². The van der Waals surface area contributed by atoms with Gasteiger partial charge in [-0.15, -0.1) is 0 Å². The predicted molar refractivity (Wildman–Crippen MR) is 105 cm³/mol. The van der Waals surface area contributed by atoms with Gasteiger partial charge in [-0.3, -0.25) is 14.5 Å². The lowest BCUT2D eigenvalue weighted by Crippen LogP contribution is -2.42. The smallest absolute Gasteiger partial charge is 0.275 e. The second kappa shape index (κ2) is 9.51. The van der Waals surface area contributed by atoms with E-state index in [0.717, 1.165) is 24.2 Å². The summed E-state index contributed by atoms with van der Waals surface area (Å²) in [7, 11) is 5.46. The lowest BCUT2D eigenvalue weighted by molar-refractivity contribution is -0.131. The molecule has 2 atom stereocenters. The van der Waals surface area contributed by atoms with Crippen LogP contribution in [0.2, 0.25) is 0 Å². The Morgan fingerprint density at radius 2 is 2.00 bits per heavy atom. The molecule has 156 valence electrons. The van der Waals surface area contributed by atoms with E-state index in [1.807, 2.05) is 38.4 Å². The van der Waals surface area contributed by atoms with Crippen molar-refractivity contribution in [1.29, 1.82) is 0 Å². The molecule has 0 bridgehead atoms. The molecule has 1 N–H and O–H groups in total. The normalized spacial score (nSPS) is 19.1. The maximum absolute atomic E-state index is 12.7. The zero-order valence-corrected chi connectivity index (χ0v) is 17.0. The summed E-state index contributed by atoms with van der Waals surface area (Å²) >= 11 is 0. The fourth-order valence-electron chi connectivity index (χ4n) is 3.60. The molecule has 2 amide bonds. The number of ether oxygens (including phenoxy) is 1.